The van der Waals surface area contributed by atoms with E-state index >= 15 is 0 Å². The number of benzene rings is 1. The van der Waals surface area contributed by atoms with E-state index < -0.39 is 9.84 Å². The van der Waals surface area contributed by atoms with Gasteiger partial charge < -0.3 is 10.6 Å². The number of hydrogen-bond donors (Lipinski definition) is 2. The molecule has 1 aliphatic rings. The second-order valence-corrected chi connectivity index (χ2v) is 6.71. The van der Waals surface area contributed by atoms with Gasteiger partial charge in [0.25, 0.3) is 0 Å². The first kappa shape index (κ1) is 13.0. The van der Waals surface area contributed by atoms with Crippen LogP contribution in [0.4, 0.5) is 5.69 Å². The highest BCUT2D eigenvalue weighted by Crippen LogP contribution is 2.29. The fraction of sp³-hybridized carbons (Fsp3) is 0.417. The van der Waals surface area contributed by atoms with Crippen molar-refractivity contribution < 1.29 is 13.2 Å². The van der Waals surface area contributed by atoms with Gasteiger partial charge in [-0.15, -0.1) is 0 Å². The van der Waals surface area contributed by atoms with Crippen LogP contribution in [-0.2, 0) is 14.6 Å². The fourth-order valence-electron chi connectivity index (χ4n) is 1.99. The lowest BCUT2D eigenvalue weighted by Crippen LogP contribution is -2.29. The van der Waals surface area contributed by atoms with Gasteiger partial charge in [-0.3, -0.25) is 4.79 Å². The summed E-state index contributed by atoms with van der Waals surface area (Å²) in [5, 5.41) is 5.87. The number of fused-ring (bicyclic) bond motifs is 1. The second kappa shape index (κ2) is 5.07. The predicted octanol–water partition coefficient (Wildman–Crippen LogP) is 0.704. The zero-order chi connectivity index (χ0) is 13.2. The van der Waals surface area contributed by atoms with Gasteiger partial charge in [0, 0.05) is 17.5 Å². The first-order chi connectivity index (χ1) is 8.47. The third-order valence-corrected chi connectivity index (χ3v) is 3.86. The summed E-state index contributed by atoms with van der Waals surface area (Å²) >= 11 is 0. The van der Waals surface area contributed by atoms with E-state index in [2.05, 4.69) is 10.6 Å². The summed E-state index contributed by atoms with van der Waals surface area (Å²) in [5.74, 6) is 0.0475. The van der Waals surface area contributed by atoms with E-state index in [0.29, 0.717) is 13.0 Å². The highest BCUT2D eigenvalue weighted by molar-refractivity contribution is 7.90. The molecule has 0 aliphatic carbocycles. The van der Waals surface area contributed by atoms with Gasteiger partial charge in [-0.05, 0) is 19.0 Å². The Labute approximate surface area is 107 Å². The molecule has 1 amide bonds. The number of anilines is 1. The minimum absolute atomic E-state index is 0.0874. The molecule has 1 heterocycles. The largest absolute Gasteiger partial charge is 0.324 e. The van der Waals surface area contributed by atoms with Crippen molar-refractivity contribution in [2.45, 2.75) is 12.5 Å². The molecule has 1 aromatic carbocycles. The average Bonchev–Trinajstić information content (AvgIpc) is 2.59. The SMILES string of the molecule is CS(=O)(=O)CCCNC1C(=O)Nc2ccccc21. The summed E-state index contributed by atoms with van der Waals surface area (Å²) < 4.78 is 22.0. The maximum absolute atomic E-state index is 11.7. The van der Waals surface area contributed by atoms with Gasteiger partial charge in [-0.25, -0.2) is 8.42 Å². The molecule has 2 rings (SSSR count). The number of nitrogens with one attached hydrogen (secondary N) is 2. The first-order valence-electron chi connectivity index (χ1n) is 5.78. The molecule has 0 bridgehead atoms. The summed E-state index contributed by atoms with van der Waals surface area (Å²) in [6.07, 6.45) is 1.72. The van der Waals surface area contributed by atoms with E-state index in [1.807, 2.05) is 24.3 Å². The van der Waals surface area contributed by atoms with E-state index in [9.17, 15) is 13.2 Å². The lowest BCUT2D eigenvalue weighted by Gasteiger charge is -2.10. The van der Waals surface area contributed by atoms with Crippen molar-refractivity contribution >= 4 is 21.4 Å². The maximum Gasteiger partial charge on any atom is 0.246 e. The molecule has 1 aromatic rings. The third kappa shape index (κ3) is 3.08. The van der Waals surface area contributed by atoms with Gasteiger partial charge in [-0.1, -0.05) is 18.2 Å². The monoisotopic (exact) mass is 268 g/mol. The van der Waals surface area contributed by atoms with Crippen LogP contribution in [0, 0.1) is 0 Å². The Morgan fingerprint density at radius 1 is 1.33 bits per heavy atom. The molecule has 0 fully saturated rings. The Hall–Kier alpha value is -1.40. The summed E-state index contributed by atoms with van der Waals surface area (Å²) in [7, 11) is -2.93. The molecule has 98 valence electrons. The smallest absolute Gasteiger partial charge is 0.246 e. The zero-order valence-electron chi connectivity index (χ0n) is 10.1. The summed E-state index contributed by atoms with van der Waals surface area (Å²) in [6, 6.07) is 7.11. The van der Waals surface area contributed by atoms with Crippen LogP contribution in [-0.4, -0.2) is 32.9 Å². The topological polar surface area (TPSA) is 75.3 Å². The number of carbonyl (C=O) groups excluding carboxylic acids is 1. The van der Waals surface area contributed by atoms with Gasteiger partial charge in [0.1, 0.15) is 15.9 Å². The first-order valence-corrected chi connectivity index (χ1v) is 7.84. The Morgan fingerprint density at radius 3 is 2.78 bits per heavy atom. The Balaban J connectivity index is 1.92. The Bertz CT molecular complexity index is 554. The van der Waals surface area contributed by atoms with Crippen LogP contribution >= 0.6 is 0 Å². The normalized spacial score (nSPS) is 18.5. The highest BCUT2D eigenvalue weighted by atomic mass is 32.2. The molecule has 2 N–H and O–H groups in total. The van der Waals surface area contributed by atoms with Gasteiger partial charge in [-0.2, -0.15) is 0 Å². The third-order valence-electron chi connectivity index (χ3n) is 2.83. The van der Waals surface area contributed by atoms with Crippen LogP contribution in [0.25, 0.3) is 0 Å². The lowest BCUT2D eigenvalue weighted by atomic mass is 10.1. The minimum Gasteiger partial charge on any atom is -0.324 e. The van der Waals surface area contributed by atoms with E-state index in [1.165, 1.54) is 6.26 Å². The fourth-order valence-corrected chi connectivity index (χ4v) is 2.66. The van der Waals surface area contributed by atoms with Crippen LogP contribution in [0.3, 0.4) is 0 Å². The molecule has 0 saturated heterocycles. The Kier molecular flexibility index (Phi) is 3.68. The molecule has 5 nitrogen and oxygen atoms in total. The van der Waals surface area contributed by atoms with Gasteiger partial charge in [0.05, 0.1) is 5.75 Å². The molecule has 1 aliphatic heterocycles. The molecule has 0 spiro atoms. The molecule has 0 aromatic heterocycles. The molecule has 0 saturated carbocycles. The zero-order valence-corrected chi connectivity index (χ0v) is 11.0. The number of hydrogen-bond acceptors (Lipinski definition) is 4. The number of para-hydroxylation sites is 1. The lowest BCUT2D eigenvalue weighted by molar-refractivity contribution is -0.117. The standard InChI is InChI=1S/C12H16N2O3S/c1-18(16,17)8-4-7-13-11-9-5-2-3-6-10(9)14-12(11)15/h2-3,5-6,11,13H,4,7-8H2,1H3,(H,14,15). The average molecular weight is 268 g/mol. The number of carbonyl (C=O) groups is 1. The van der Waals surface area contributed by atoms with Crippen LogP contribution < -0.4 is 10.6 Å². The van der Waals surface area contributed by atoms with Crippen LogP contribution in [0.1, 0.15) is 18.0 Å². The number of amides is 1. The van der Waals surface area contributed by atoms with E-state index in [4.69, 9.17) is 0 Å². The van der Waals surface area contributed by atoms with Gasteiger partial charge in [0.15, 0.2) is 0 Å². The van der Waals surface area contributed by atoms with Crippen molar-refractivity contribution in [1.82, 2.24) is 5.32 Å². The molecule has 0 radical (unpaired) electrons. The van der Waals surface area contributed by atoms with Crippen molar-refractivity contribution in [1.29, 1.82) is 0 Å². The second-order valence-electron chi connectivity index (χ2n) is 4.45. The molecule has 1 atom stereocenters. The number of rotatable bonds is 5. The summed E-state index contributed by atoms with van der Waals surface area (Å²) in [6.45, 7) is 0.499. The van der Waals surface area contributed by atoms with Crippen molar-refractivity contribution in [3.05, 3.63) is 29.8 Å². The summed E-state index contributed by atoms with van der Waals surface area (Å²) in [5.41, 5.74) is 1.74. The maximum atomic E-state index is 11.7. The molecule has 1 unspecified atom stereocenters. The molecular weight excluding hydrogens is 252 g/mol. The highest BCUT2D eigenvalue weighted by Gasteiger charge is 2.29. The quantitative estimate of drug-likeness (QED) is 0.771. The van der Waals surface area contributed by atoms with Crippen molar-refractivity contribution in [2.24, 2.45) is 0 Å². The van der Waals surface area contributed by atoms with E-state index in [0.717, 1.165) is 11.3 Å². The number of sulfone groups is 1. The van der Waals surface area contributed by atoms with Crippen molar-refractivity contribution in [3.8, 4) is 0 Å². The minimum atomic E-state index is -2.93. The van der Waals surface area contributed by atoms with Crippen LogP contribution in [0.5, 0.6) is 0 Å². The van der Waals surface area contributed by atoms with Crippen LogP contribution in [0.2, 0.25) is 0 Å². The van der Waals surface area contributed by atoms with Gasteiger partial charge >= 0.3 is 0 Å². The van der Waals surface area contributed by atoms with Crippen LogP contribution in [0.15, 0.2) is 24.3 Å². The predicted molar refractivity (Wildman–Crippen MR) is 70.1 cm³/mol. The van der Waals surface area contributed by atoms with E-state index in [1.54, 1.807) is 0 Å². The Morgan fingerprint density at radius 2 is 2.06 bits per heavy atom. The van der Waals surface area contributed by atoms with Crippen molar-refractivity contribution in [2.75, 3.05) is 23.9 Å². The van der Waals surface area contributed by atoms with E-state index in [-0.39, 0.29) is 17.7 Å². The summed E-state index contributed by atoms with van der Waals surface area (Å²) in [4.78, 5) is 11.7. The van der Waals surface area contributed by atoms with Gasteiger partial charge in [0.2, 0.25) is 5.91 Å². The molecule has 6 heteroatoms. The molecular formula is C12H16N2O3S. The molecule has 18 heavy (non-hydrogen) atoms. The van der Waals surface area contributed by atoms with Crippen molar-refractivity contribution in [3.63, 3.8) is 0 Å².